The molecule has 9 heteroatoms. The number of hydrogen-bond donors (Lipinski definition) is 1. The highest BCUT2D eigenvalue weighted by Crippen LogP contribution is 2.31. The van der Waals surface area contributed by atoms with Crippen molar-refractivity contribution in [3.05, 3.63) is 61.6 Å². The lowest BCUT2D eigenvalue weighted by atomic mass is 10.2. The third kappa shape index (κ3) is 3.19. The molecule has 2 aromatic carbocycles. The van der Waals surface area contributed by atoms with Crippen molar-refractivity contribution in [2.45, 2.75) is 0 Å². The van der Waals surface area contributed by atoms with E-state index in [4.69, 9.17) is 11.6 Å². The van der Waals surface area contributed by atoms with Crippen LogP contribution < -0.4 is 5.32 Å². The summed E-state index contributed by atoms with van der Waals surface area (Å²) < 4.78 is 1.72. The molecular formula is C14H7BrClN3O3S. The second-order valence-electron chi connectivity index (χ2n) is 4.48. The normalized spacial score (nSPS) is 10.7. The first-order valence-corrected chi connectivity index (χ1v) is 8.25. The van der Waals surface area contributed by atoms with E-state index in [1.165, 1.54) is 23.5 Å². The molecular weight excluding hydrogens is 406 g/mol. The molecule has 0 atom stereocenters. The summed E-state index contributed by atoms with van der Waals surface area (Å²) in [5.74, 6) is -0.547. The number of fused-ring (bicyclic) bond motifs is 1. The molecule has 23 heavy (non-hydrogen) atoms. The van der Waals surface area contributed by atoms with Gasteiger partial charge in [-0.2, -0.15) is 0 Å². The predicted molar refractivity (Wildman–Crippen MR) is 93.4 cm³/mol. The molecule has 3 aromatic rings. The van der Waals surface area contributed by atoms with Crippen molar-refractivity contribution >= 4 is 65.8 Å². The number of carbonyl (C=O) groups excluding carboxylic acids is 1. The summed E-state index contributed by atoms with van der Waals surface area (Å²) in [6.45, 7) is 0. The molecule has 0 radical (unpaired) electrons. The van der Waals surface area contributed by atoms with E-state index in [0.717, 1.165) is 20.8 Å². The van der Waals surface area contributed by atoms with Gasteiger partial charge in [-0.25, -0.2) is 4.98 Å². The van der Waals surface area contributed by atoms with Gasteiger partial charge in [-0.3, -0.25) is 20.2 Å². The van der Waals surface area contributed by atoms with Crippen LogP contribution >= 0.6 is 38.9 Å². The predicted octanol–water partition coefficient (Wildman–Crippen LogP) is 4.87. The topological polar surface area (TPSA) is 85.1 Å². The van der Waals surface area contributed by atoms with E-state index in [0.29, 0.717) is 5.13 Å². The van der Waals surface area contributed by atoms with Gasteiger partial charge in [0.25, 0.3) is 11.6 Å². The van der Waals surface area contributed by atoms with Crippen LogP contribution in [0.3, 0.4) is 0 Å². The minimum atomic E-state index is -0.581. The summed E-state index contributed by atoms with van der Waals surface area (Å²) in [7, 11) is 0. The summed E-state index contributed by atoms with van der Waals surface area (Å²) in [5.41, 5.74) is 0.559. The van der Waals surface area contributed by atoms with Crippen LogP contribution in [0.15, 0.2) is 40.9 Å². The van der Waals surface area contributed by atoms with Gasteiger partial charge in [-0.15, -0.1) is 0 Å². The van der Waals surface area contributed by atoms with E-state index < -0.39 is 10.8 Å². The van der Waals surface area contributed by atoms with E-state index in [1.54, 1.807) is 0 Å². The number of hydrogen-bond acceptors (Lipinski definition) is 5. The van der Waals surface area contributed by atoms with Gasteiger partial charge in [0.15, 0.2) is 5.13 Å². The van der Waals surface area contributed by atoms with E-state index >= 15 is 0 Å². The van der Waals surface area contributed by atoms with Crippen molar-refractivity contribution in [3.8, 4) is 0 Å². The monoisotopic (exact) mass is 411 g/mol. The van der Waals surface area contributed by atoms with Crippen LogP contribution in [0.5, 0.6) is 0 Å². The fourth-order valence-electron chi connectivity index (χ4n) is 1.93. The maximum Gasteiger partial charge on any atom is 0.270 e. The van der Waals surface area contributed by atoms with Crippen molar-refractivity contribution in [3.63, 3.8) is 0 Å². The van der Waals surface area contributed by atoms with Gasteiger partial charge >= 0.3 is 0 Å². The van der Waals surface area contributed by atoms with E-state index in [1.807, 2.05) is 18.2 Å². The zero-order valence-corrected chi connectivity index (χ0v) is 14.4. The Hall–Kier alpha value is -2.03. The number of aromatic nitrogens is 1. The first-order valence-electron chi connectivity index (χ1n) is 6.26. The largest absolute Gasteiger partial charge is 0.298 e. The number of halogens is 2. The maximum absolute atomic E-state index is 12.3. The average molecular weight is 413 g/mol. The van der Waals surface area contributed by atoms with Crippen LogP contribution in [0.1, 0.15) is 10.4 Å². The van der Waals surface area contributed by atoms with E-state index in [9.17, 15) is 14.9 Å². The number of non-ortho nitro benzene ring substituents is 1. The molecule has 116 valence electrons. The fraction of sp³-hybridized carbons (Fsp3) is 0. The number of para-hydroxylation sites is 1. The number of rotatable bonds is 3. The number of benzene rings is 2. The van der Waals surface area contributed by atoms with Crippen LogP contribution in [0.2, 0.25) is 5.02 Å². The Kier molecular flexibility index (Phi) is 4.29. The highest BCUT2D eigenvalue weighted by atomic mass is 79.9. The highest BCUT2D eigenvalue weighted by Gasteiger charge is 2.17. The summed E-state index contributed by atoms with van der Waals surface area (Å²) >= 11 is 10.7. The Morgan fingerprint density at radius 1 is 1.35 bits per heavy atom. The lowest BCUT2D eigenvalue weighted by Crippen LogP contribution is -2.12. The van der Waals surface area contributed by atoms with Crippen LogP contribution in [0.25, 0.3) is 10.2 Å². The molecule has 0 saturated heterocycles. The van der Waals surface area contributed by atoms with Crippen LogP contribution in [-0.4, -0.2) is 15.8 Å². The minimum Gasteiger partial charge on any atom is -0.298 e. The Morgan fingerprint density at radius 2 is 2.13 bits per heavy atom. The molecule has 1 N–H and O–H groups in total. The second-order valence-corrected chi connectivity index (χ2v) is 6.77. The van der Waals surface area contributed by atoms with Gasteiger partial charge < -0.3 is 0 Å². The smallest absolute Gasteiger partial charge is 0.270 e. The van der Waals surface area contributed by atoms with Crippen molar-refractivity contribution in [2.75, 3.05) is 5.32 Å². The molecule has 0 aliphatic carbocycles. The van der Waals surface area contributed by atoms with Crippen molar-refractivity contribution in [1.29, 1.82) is 0 Å². The number of nitrogens with one attached hydrogen (secondary N) is 1. The molecule has 0 spiro atoms. The SMILES string of the molecule is O=C(Nc1nc2c(Br)cccc2s1)c1cc([N+](=O)[O-])ccc1Cl. The molecule has 1 aromatic heterocycles. The molecule has 0 aliphatic heterocycles. The first-order chi connectivity index (χ1) is 11.0. The van der Waals surface area contributed by atoms with E-state index in [-0.39, 0.29) is 16.3 Å². The number of amides is 1. The standard InChI is InChI=1S/C14H7BrClN3O3S/c15-9-2-1-3-11-12(9)17-14(23-11)18-13(20)8-6-7(19(21)22)4-5-10(8)16/h1-6H,(H,17,18,20). The minimum absolute atomic E-state index is 0.0270. The van der Waals surface area contributed by atoms with Crippen molar-refractivity contribution in [1.82, 2.24) is 4.98 Å². The van der Waals surface area contributed by atoms with Crippen LogP contribution in [-0.2, 0) is 0 Å². The third-order valence-electron chi connectivity index (χ3n) is 3.00. The average Bonchev–Trinajstić information content (AvgIpc) is 2.91. The lowest BCUT2D eigenvalue weighted by molar-refractivity contribution is -0.384. The van der Waals surface area contributed by atoms with Crippen LogP contribution in [0, 0.1) is 10.1 Å². The Balaban J connectivity index is 1.93. The van der Waals surface area contributed by atoms with Gasteiger partial charge in [0.1, 0.15) is 0 Å². The quantitative estimate of drug-likeness (QED) is 0.491. The Labute approximate surface area is 147 Å². The van der Waals surface area contributed by atoms with Crippen molar-refractivity contribution < 1.29 is 9.72 Å². The van der Waals surface area contributed by atoms with Gasteiger partial charge in [-0.05, 0) is 34.1 Å². The Bertz CT molecular complexity index is 944. The summed E-state index contributed by atoms with van der Waals surface area (Å²) in [5, 5.41) is 14.0. The molecule has 0 unspecified atom stereocenters. The summed E-state index contributed by atoms with van der Waals surface area (Å²) in [4.78, 5) is 26.9. The van der Waals surface area contributed by atoms with E-state index in [2.05, 4.69) is 26.2 Å². The second kappa shape index (κ2) is 6.23. The first kappa shape index (κ1) is 15.9. The number of nitrogens with zero attached hydrogens (tertiary/aromatic N) is 2. The molecule has 1 amide bonds. The molecule has 0 aliphatic rings. The fourth-order valence-corrected chi connectivity index (χ4v) is 3.61. The van der Waals surface area contributed by atoms with Gasteiger partial charge in [0, 0.05) is 16.6 Å². The van der Waals surface area contributed by atoms with Gasteiger partial charge in [0.2, 0.25) is 0 Å². The molecule has 0 bridgehead atoms. The van der Waals surface area contributed by atoms with Crippen molar-refractivity contribution in [2.24, 2.45) is 0 Å². The van der Waals surface area contributed by atoms with Gasteiger partial charge in [-0.1, -0.05) is 29.0 Å². The number of carbonyl (C=O) groups is 1. The molecule has 0 saturated carbocycles. The number of nitro benzene ring substituents is 1. The highest BCUT2D eigenvalue weighted by molar-refractivity contribution is 9.10. The van der Waals surface area contributed by atoms with Crippen LogP contribution in [0.4, 0.5) is 10.8 Å². The maximum atomic E-state index is 12.3. The number of thiazole rings is 1. The van der Waals surface area contributed by atoms with Gasteiger partial charge in [0.05, 0.1) is 25.7 Å². The lowest BCUT2D eigenvalue weighted by Gasteiger charge is -2.03. The zero-order valence-electron chi connectivity index (χ0n) is 11.2. The summed E-state index contributed by atoms with van der Waals surface area (Å²) in [6, 6.07) is 9.31. The summed E-state index contributed by atoms with van der Waals surface area (Å²) in [6.07, 6.45) is 0. The third-order valence-corrected chi connectivity index (χ3v) is 4.90. The molecule has 3 rings (SSSR count). The Morgan fingerprint density at radius 3 is 2.83 bits per heavy atom. The molecule has 0 fully saturated rings. The number of anilines is 1. The zero-order chi connectivity index (χ0) is 16.6. The molecule has 1 heterocycles. The molecule has 6 nitrogen and oxygen atoms in total. The number of nitro groups is 1.